The molecule has 0 amide bonds. The van der Waals surface area contributed by atoms with E-state index < -0.39 is 0 Å². The molecule has 2 heterocycles. The Bertz CT molecular complexity index is 626. The molecule has 2 N–H and O–H groups in total. The van der Waals surface area contributed by atoms with Crippen LogP contribution in [0.5, 0.6) is 17.2 Å². The third kappa shape index (κ3) is 1.90. The van der Waals surface area contributed by atoms with E-state index in [2.05, 4.69) is 21.1 Å². The van der Waals surface area contributed by atoms with Gasteiger partial charge >= 0.3 is 0 Å². The summed E-state index contributed by atoms with van der Waals surface area (Å²) in [6.45, 7) is 1.01. The summed E-state index contributed by atoms with van der Waals surface area (Å²) >= 11 is 3.47. The van der Waals surface area contributed by atoms with E-state index in [1.165, 1.54) is 6.20 Å². The maximum absolute atomic E-state index is 5.75. The Morgan fingerprint density at radius 1 is 1.32 bits per heavy atom. The van der Waals surface area contributed by atoms with Gasteiger partial charge in [-0.05, 0) is 22.0 Å². The first-order valence-electron chi connectivity index (χ1n) is 5.59. The molecule has 0 fully saturated rings. The molecule has 7 heteroatoms. The summed E-state index contributed by atoms with van der Waals surface area (Å²) in [5.41, 5.74) is 7.13. The van der Waals surface area contributed by atoms with Gasteiger partial charge in [0.2, 0.25) is 5.88 Å². The van der Waals surface area contributed by atoms with Gasteiger partial charge in [0, 0.05) is 5.56 Å². The second-order valence-electron chi connectivity index (χ2n) is 3.90. The van der Waals surface area contributed by atoms with Crippen molar-refractivity contribution in [2.24, 2.45) is 0 Å². The summed E-state index contributed by atoms with van der Waals surface area (Å²) in [5.74, 6) is 2.08. The fourth-order valence-corrected chi connectivity index (χ4v) is 2.66. The highest BCUT2D eigenvalue weighted by Crippen LogP contribution is 2.49. The minimum atomic E-state index is 0.224. The molecule has 0 aliphatic carbocycles. The summed E-state index contributed by atoms with van der Waals surface area (Å²) in [4.78, 5) is 0. The molecule has 1 aromatic heterocycles. The standard InChI is InChI=1S/C12H11BrN2O4/c1-16-10-6(7-5-15-19-12(7)14)4-8-11(9(10)13)18-3-2-17-8/h4-5H,2-3,14H2,1H3. The third-order valence-electron chi connectivity index (χ3n) is 2.82. The summed E-state index contributed by atoms with van der Waals surface area (Å²) in [6, 6.07) is 1.81. The number of benzene rings is 1. The van der Waals surface area contributed by atoms with Gasteiger partial charge in [0.1, 0.15) is 23.4 Å². The van der Waals surface area contributed by atoms with Crippen molar-refractivity contribution in [2.75, 3.05) is 26.1 Å². The van der Waals surface area contributed by atoms with E-state index in [0.717, 1.165) is 5.56 Å². The average molecular weight is 327 g/mol. The van der Waals surface area contributed by atoms with Crippen LogP contribution in [-0.4, -0.2) is 25.5 Å². The van der Waals surface area contributed by atoms with Crippen molar-refractivity contribution in [1.29, 1.82) is 0 Å². The van der Waals surface area contributed by atoms with Gasteiger partial charge in [-0.25, -0.2) is 0 Å². The number of hydrogen-bond donors (Lipinski definition) is 1. The Hall–Kier alpha value is -1.89. The highest BCUT2D eigenvalue weighted by molar-refractivity contribution is 9.10. The van der Waals surface area contributed by atoms with Crippen molar-refractivity contribution in [3.05, 3.63) is 16.7 Å². The van der Waals surface area contributed by atoms with E-state index >= 15 is 0 Å². The Morgan fingerprint density at radius 2 is 2.11 bits per heavy atom. The van der Waals surface area contributed by atoms with Gasteiger partial charge in [0.25, 0.3) is 0 Å². The quantitative estimate of drug-likeness (QED) is 0.913. The molecule has 6 nitrogen and oxygen atoms in total. The fourth-order valence-electron chi connectivity index (χ4n) is 1.98. The van der Waals surface area contributed by atoms with Crippen molar-refractivity contribution in [2.45, 2.75) is 0 Å². The second-order valence-corrected chi connectivity index (χ2v) is 4.69. The molecule has 0 spiro atoms. The molecule has 0 saturated heterocycles. The predicted octanol–water partition coefficient (Wildman–Crippen LogP) is 2.47. The molecule has 0 unspecified atom stereocenters. The number of hydrogen-bond acceptors (Lipinski definition) is 6. The summed E-state index contributed by atoms with van der Waals surface area (Å²) in [6.07, 6.45) is 1.54. The van der Waals surface area contributed by atoms with Crippen molar-refractivity contribution in [3.63, 3.8) is 0 Å². The number of nitrogens with zero attached hydrogens (tertiary/aromatic N) is 1. The van der Waals surface area contributed by atoms with E-state index in [-0.39, 0.29) is 5.88 Å². The zero-order valence-electron chi connectivity index (χ0n) is 10.1. The first-order valence-corrected chi connectivity index (χ1v) is 6.38. The average Bonchev–Trinajstić information content (AvgIpc) is 2.85. The monoisotopic (exact) mass is 326 g/mol. The summed E-state index contributed by atoms with van der Waals surface area (Å²) in [5, 5.41) is 3.67. The van der Waals surface area contributed by atoms with Crippen LogP contribution in [0.2, 0.25) is 0 Å². The minimum absolute atomic E-state index is 0.224. The van der Waals surface area contributed by atoms with Crippen LogP contribution in [0.15, 0.2) is 21.3 Å². The van der Waals surface area contributed by atoms with E-state index in [0.29, 0.717) is 40.5 Å². The van der Waals surface area contributed by atoms with E-state index in [9.17, 15) is 0 Å². The molecule has 19 heavy (non-hydrogen) atoms. The second kappa shape index (κ2) is 4.65. The molecule has 1 aromatic carbocycles. The van der Waals surface area contributed by atoms with Crippen LogP contribution < -0.4 is 19.9 Å². The Labute approximate surface area is 117 Å². The fraction of sp³-hybridized carbons (Fsp3) is 0.250. The van der Waals surface area contributed by atoms with E-state index in [1.807, 2.05) is 0 Å². The van der Waals surface area contributed by atoms with Crippen molar-refractivity contribution in [1.82, 2.24) is 5.16 Å². The van der Waals surface area contributed by atoms with Gasteiger partial charge < -0.3 is 24.5 Å². The minimum Gasteiger partial charge on any atom is -0.495 e. The van der Waals surface area contributed by atoms with Crippen molar-refractivity contribution in [3.8, 4) is 28.4 Å². The lowest BCUT2D eigenvalue weighted by molar-refractivity contribution is 0.169. The molecular weight excluding hydrogens is 316 g/mol. The number of halogens is 1. The Morgan fingerprint density at radius 3 is 2.79 bits per heavy atom. The highest BCUT2D eigenvalue weighted by Gasteiger charge is 2.24. The van der Waals surface area contributed by atoms with Gasteiger partial charge in [-0.3, -0.25) is 0 Å². The number of fused-ring (bicyclic) bond motifs is 1. The van der Waals surface area contributed by atoms with E-state index in [4.69, 9.17) is 24.5 Å². The first kappa shape index (κ1) is 12.2. The number of aromatic nitrogens is 1. The number of anilines is 1. The number of nitrogens with two attached hydrogens (primary N) is 1. The summed E-state index contributed by atoms with van der Waals surface area (Å²) < 4.78 is 22.1. The summed E-state index contributed by atoms with van der Waals surface area (Å²) in [7, 11) is 1.57. The highest BCUT2D eigenvalue weighted by atomic mass is 79.9. The maximum Gasteiger partial charge on any atom is 0.230 e. The SMILES string of the molecule is COc1c(-c2cnoc2N)cc2c(c1Br)OCCO2. The van der Waals surface area contributed by atoms with Crippen LogP contribution >= 0.6 is 15.9 Å². The van der Waals surface area contributed by atoms with E-state index in [1.54, 1.807) is 13.2 Å². The number of ether oxygens (including phenoxy) is 3. The van der Waals surface area contributed by atoms with Crippen LogP contribution in [0.3, 0.4) is 0 Å². The lowest BCUT2D eigenvalue weighted by Crippen LogP contribution is -2.16. The largest absolute Gasteiger partial charge is 0.495 e. The molecule has 2 aromatic rings. The number of nitrogen functional groups attached to an aromatic ring is 1. The molecule has 0 atom stereocenters. The lowest BCUT2D eigenvalue weighted by Gasteiger charge is -2.22. The van der Waals surface area contributed by atoms with Gasteiger partial charge in [-0.2, -0.15) is 0 Å². The predicted molar refractivity (Wildman–Crippen MR) is 71.6 cm³/mol. The van der Waals surface area contributed by atoms with Gasteiger partial charge in [0.05, 0.1) is 18.9 Å². The maximum atomic E-state index is 5.75. The van der Waals surface area contributed by atoms with Crippen LogP contribution in [-0.2, 0) is 0 Å². The van der Waals surface area contributed by atoms with Crippen LogP contribution in [0.1, 0.15) is 0 Å². The van der Waals surface area contributed by atoms with Gasteiger partial charge in [-0.1, -0.05) is 5.16 Å². The molecule has 100 valence electrons. The molecule has 3 rings (SSSR count). The van der Waals surface area contributed by atoms with Crippen LogP contribution in [0.4, 0.5) is 5.88 Å². The van der Waals surface area contributed by atoms with Gasteiger partial charge in [0.15, 0.2) is 11.5 Å². The van der Waals surface area contributed by atoms with Crippen molar-refractivity contribution >= 4 is 21.8 Å². The molecule has 0 radical (unpaired) electrons. The topological polar surface area (TPSA) is 79.7 Å². The van der Waals surface area contributed by atoms with Gasteiger partial charge in [-0.15, -0.1) is 0 Å². The smallest absolute Gasteiger partial charge is 0.230 e. The van der Waals surface area contributed by atoms with Crippen LogP contribution in [0.25, 0.3) is 11.1 Å². The molecule has 1 aliphatic heterocycles. The third-order valence-corrected chi connectivity index (χ3v) is 3.54. The van der Waals surface area contributed by atoms with Crippen molar-refractivity contribution < 1.29 is 18.7 Å². The normalized spacial score (nSPS) is 13.4. The molecule has 0 bridgehead atoms. The molecule has 0 saturated carbocycles. The molecule has 1 aliphatic rings. The Kier molecular flexibility index (Phi) is 2.98. The Balaban J connectivity index is 2.24. The number of methoxy groups -OCH3 is 1. The number of rotatable bonds is 2. The first-order chi connectivity index (χ1) is 9.22. The zero-order valence-corrected chi connectivity index (χ0v) is 11.7. The zero-order chi connectivity index (χ0) is 13.4. The molecular formula is C12H11BrN2O4. The lowest BCUT2D eigenvalue weighted by atomic mass is 10.1. The van der Waals surface area contributed by atoms with Crippen LogP contribution in [0, 0.1) is 0 Å².